The van der Waals surface area contributed by atoms with Gasteiger partial charge in [-0.15, -0.1) is 0 Å². The minimum atomic E-state index is 0.214. The van der Waals surface area contributed by atoms with E-state index in [1.165, 1.54) is 25.7 Å². The Morgan fingerprint density at radius 3 is 2.72 bits per heavy atom. The summed E-state index contributed by atoms with van der Waals surface area (Å²) in [6.07, 6.45) is 6.36. The van der Waals surface area contributed by atoms with Crippen molar-refractivity contribution >= 4 is 11.6 Å². The van der Waals surface area contributed by atoms with Crippen LogP contribution in [0.4, 0.5) is 0 Å². The molecular weight excluding hydrogens is 246 g/mol. The monoisotopic (exact) mass is 269 g/mol. The van der Waals surface area contributed by atoms with Crippen molar-refractivity contribution in [3.8, 4) is 5.75 Å². The maximum atomic E-state index is 6.10. The second kappa shape index (κ2) is 8.39. The van der Waals surface area contributed by atoms with Gasteiger partial charge in [0.1, 0.15) is 5.75 Å². The maximum Gasteiger partial charge on any atom is 0.125 e. The van der Waals surface area contributed by atoms with Crippen LogP contribution >= 0.6 is 11.6 Å². The lowest BCUT2D eigenvalue weighted by Crippen LogP contribution is -2.13. The highest BCUT2D eigenvalue weighted by atomic mass is 35.5. The molecule has 18 heavy (non-hydrogen) atoms. The molecule has 2 nitrogen and oxygen atoms in total. The first kappa shape index (κ1) is 15.3. The second-order valence-corrected chi connectivity index (χ2v) is 5.11. The van der Waals surface area contributed by atoms with E-state index in [0.717, 1.165) is 17.7 Å². The summed E-state index contributed by atoms with van der Waals surface area (Å²) in [6, 6.07) is 5.69. The molecule has 0 heterocycles. The van der Waals surface area contributed by atoms with Gasteiger partial charge in [-0.25, -0.2) is 0 Å². The summed E-state index contributed by atoms with van der Waals surface area (Å²) in [5, 5.41) is 0.688. The number of hydrogen-bond acceptors (Lipinski definition) is 2. The SMILES string of the molecule is CCCCCCC(C)Oc1cccc(Cl)c1CN. The Morgan fingerprint density at radius 2 is 2.06 bits per heavy atom. The van der Waals surface area contributed by atoms with Crippen LogP contribution in [0.2, 0.25) is 5.02 Å². The van der Waals surface area contributed by atoms with Gasteiger partial charge in [0.2, 0.25) is 0 Å². The van der Waals surface area contributed by atoms with Gasteiger partial charge in [-0.05, 0) is 31.9 Å². The van der Waals surface area contributed by atoms with Crippen LogP contribution in [0, 0.1) is 0 Å². The molecule has 0 bridgehead atoms. The van der Waals surface area contributed by atoms with E-state index in [-0.39, 0.29) is 6.10 Å². The Kier molecular flexibility index (Phi) is 7.14. The first-order chi connectivity index (χ1) is 8.69. The van der Waals surface area contributed by atoms with Crippen LogP contribution in [0.5, 0.6) is 5.75 Å². The molecule has 1 unspecified atom stereocenters. The predicted octanol–water partition coefficient (Wildman–Crippen LogP) is 4.54. The highest BCUT2D eigenvalue weighted by Gasteiger charge is 2.10. The molecular formula is C15H24ClNO. The number of ether oxygens (including phenoxy) is 1. The Bertz CT molecular complexity index is 354. The van der Waals surface area contributed by atoms with Gasteiger partial charge in [-0.1, -0.05) is 43.9 Å². The average molecular weight is 270 g/mol. The summed E-state index contributed by atoms with van der Waals surface area (Å²) >= 11 is 6.10. The highest BCUT2D eigenvalue weighted by Crippen LogP contribution is 2.27. The fourth-order valence-corrected chi connectivity index (χ4v) is 2.22. The fraction of sp³-hybridized carbons (Fsp3) is 0.600. The zero-order chi connectivity index (χ0) is 13.4. The number of nitrogens with two attached hydrogens (primary N) is 1. The van der Waals surface area contributed by atoms with Crippen LogP contribution in [0.15, 0.2) is 18.2 Å². The van der Waals surface area contributed by atoms with E-state index in [9.17, 15) is 0 Å². The largest absolute Gasteiger partial charge is 0.490 e. The highest BCUT2D eigenvalue weighted by molar-refractivity contribution is 6.31. The quantitative estimate of drug-likeness (QED) is 0.704. The van der Waals surface area contributed by atoms with E-state index < -0.39 is 0 Å². The van der Waals surface area contributed by atoms with Crippen LogP contribution in [0.1, 0.15) is 51.5 Å². The lowest BCUT2D eigenvalue weighted by molar-refractivity contribution is 0.204. The zero-order valence-corrected chi connectivity index (χ0v) is 12.2. The standard InChI is InChI=1S/C15H24ClNO/c1-3-4-5-6-8-12(2)18-15-10-7-9-14(16)13(15)11-17/h7,9-10,12H,3-6,8,11,17H2,1-2H3. The smallest absolute Gasteiger partial charge is 0.125 e. The molecule has 1 aromatic rings. The molecule has 2 N–H and O–H groups in total. The molecule has 1 aromatic carbocycles. The molecule has 0 amide bonds. The van der Waals surface area contributed by atoms with Crippen LogP contribution in [-0.4, -0.2) is 6.10 Å². The summed E-state index contributed by atoms with van der Waals surface area (Å²) in [5.74, 6) is 0.827. The molecule has 0 saturated carbocycles. The Morgan fingerprint density at radius 1 is 1.28 bits per heavy atom. The third kappa shape index (κ3) is 4.87. The number of rotatable bonds is 8. The summed E-state index contributed by atoms with van der Waals surface area (Å²) in [7, 11) is 0. The normalized spacial score (nSPS) is 12.4. The molecule has 0 spiro atoms. The van der Waals surface area contributed by atoms with Gasteiger partial charge < -0.3 is 10.5 Å². The minimum Gasteiger partial charge on any atom is -0.490 e. The van der Waals surface area contributed by atoms with Crippen LogP contribution < -0.4 is 10.5 Å². The molecule has 1 atom stereocenters. The van der Waals surface area contributed by atoms with Crippen molar-refractivity contribution in [1.82, 2.24) is 0 Å². The molecule has 0 aliphatic heterocycles. The summed E-state index contributed by atoms with van der Waals surface area (Å²) in [4.78, 5) is 0. The van der Waals surface area contributed by atoms with Crippen LogP contribution in [0.3, 0.4) is 0 Å². The first-order valence-corrected chi connectivity index (χ1v) is 7.21. The van der Waals surface area contributed by atoms with Crippen molar-refractivity contribution < 1.29 is 4.74 Å². The van der Waals surface area contributed by atoms with Gasteiger partial charge in [-0.3, -0.25) is 0 Å². The van der Waals surface area contributed by atoms with E-state index in [0.29, 0.717) is 11.6 Å². The number of unbranched alkanes of at least 4 members (excludes halogenated alkanes) is 3. The second-order valence-electron chi connectivity index (χ2n) is 4.70. The zero-order valence-electron chi connectivity index (χ0n) is 11.4. The molecule has 102 valence electrons. The molecule has 0 aliphatic carbocycles. The fourth-order valence-electron chi connectivity index (χ4n) is 1.98. The molecule has 0 fully saturated rings. The van der Waals surface area contributed by atoms with Crippen molar-refractivity contribution in [3.63, 3.8) is 0 Å². The summed E-state index contributed by atoms with van der Waals surface area (Å²) in [5.41, 5.74) is 6.60. The van der Waals surface area contributed by atoms with Crippen LogP contribution in [0.25, 0.3) is 0 Å². The minimum absolute atomic E-state index is 0.214. The Hall–Kier alpha value is -0.730. The van der Waals surface area contributed by atoms with Crippen LogP contribution in [-0.2, 0) is 6.54 Å². The van der Waals surface area contributed by atoms with Crippen molar-refractivity contribution in [2.45, 2.75) is 58.6 Å². The number of benzene rings is 1. The van der Waals surface area contributed by atoms with Crippen molar-refractivity contribution in [2.75, 3.05) is 0 Å². The third-order valence-corrected chi connectivity index (χ3v) is 3.43. The topological polar surface area (TPSA) is 35.2 Å². The number of hydrogen-bond donors (Lipinski definition) is 1. The lowest BCUT2D eigenvalue weighted by Gasteiger charge is -2.17. The van der Waals surface area contributed by atoms with Gasteiger partial charge in [-0.2, -0.15) is 0 Å². The molecule has 3 heteroatoms. The first-order valence-electron chi connectivity index (χ1n) is 6.83. The molecule has 0 aliphatic rings. The van der Waals surface area contributed by atoms with Gasteiger partial charge >= 0.3 is 0 Å². The predicted molar refractivity (Wildman–Crippen MR) is 78.2 cm³/mol. The van der Waals surface area contributed by atoms with E-state index >= 15 is 0 Å². The van der Waals surface area contributed by atoms with Gasteiger partial charge in [0.25, 0.3) is 0 Å². The third-order valence-electron chi connectivity index (χ3n) is 3.07. The van der Waals surface area contributed by atoms with Gasteiger partial charge in [0, 0.05) is 17.1 Å². The van der Waals surface area contributed by atoms with E-state index in [2.05, 4.69) is 13.8 Å². The molecule has 1 rings (SSSR count). The Balaban J connectivity index is 2.48. The number of halogens is 1. The van der Waals surface area contributed by atoms with Gasteiger partial charge in [0.05, 0.1) is 6.10 Å². The van der Waals surface area contributed by atoms with E-state index in [1.54, 1.807) is 0 Å². The molecule has 0 radical (unpaired) electrons. The van der Waals surface area contributed by atoms with E-state index in [1.807, 2.05) is 18.2 Å². The average Bonchev–Trinajstić information content (AvgIpc) is 2.35. The Labute approximate surface area is 115 Å². The molecule has 0 aromatic heterocycles. The summed E-state index contributed by atoms with van der Waals surface area (Å²) in [6.45, 7) is 4.74. The summed E-state index contributed by atoms with van der Waals surface area (Å²) < 4.78 is 5.93. The van der Waals surface area contributed by atoms with E-state index in [4.69, 9.17) is 22.1 Å². The van der Waals surface area contributed by atoms with Crippen molar-refractivity contribution in [1.29, 1.82) is 0 Å². The van der Waals surface area contributed by atoms with Gasteiger partial charge in [0.15, 0.2) is 0 Å². The maximum absolute atomic E-state index is 6.10. The lowest BCUT2D eigenvalue weighted by atomic mass is 10.1. The molecule has 0 saturated heterocycles. The van der Waals surface area contributed by atoms with Crippen molar-refractivity contribution in [3.05, 3.63) is 28.8 Å². The van der Waals surface area contributed by atoms with Crippen molar-refractivity contribution in [2.24, 2.45) is 5.73 Å².